The van der Waals surface area contributed by atoms with Gasteiger partial charge in [-0.1, -0.05) is 37.5 Å². The van der Waals surface area contributed by atoms with Crippen LogP contribution in [-0.4, -0.2) is 16.9 Å². The maximum Gasteiger partial charge on any atom is 0.303 e. The molecule has 18 heavy (non-hydrogen) atoms. The van der Waals surface area contributed by atoms with E-state index in [-0.39, 0.29) is 18.6 Å². The molecule has 3 nitrogen and oxygen atoms in total. The lowest BCUT2D eigenvalue weighted by atomic mass is 10.1. The molecule has 0 saturated heterocycles. The fourth-order valence-electron chi connectivity index (χ4n) is 1.36. The minimum Gasteiger partial charge on any atom is -0.481 e. The van der Waals surface area contributed by atoms with Crippen LogP contribution in [0.2, 0.25) is 0 Å². The summed E-state index contributed by atoms with van der Waals surface area (Å²) < 4.78 is 0. The van der Waals surface area contributed by atoms with Crippen molar-refractivity contribution < 1.29 is 14.7 Å². The lowest BCUT2D eigenvalue weighted by molar-refractivity contribution is -0.136. The van der Waals surface area contributed by atoms with Gasteiger partial charge in [-0.15, -0.1) is 11.3 Å². The molecule has 94 valence electrons. The van der Waals surface area contributed by atoms with Gasteiger partial charge in [0.05, 0.1) is 11.3 Å². The molecule has 1 rings (SSSR count). The number of rotatable bonds is 7. The second kappa shape index (κ2) is 6.71. The van der Waals surface area contributed by atoms with Gasteiger partial charge in [-0.2, -0.15) is 0 Å². The normalized spacial score (nSPS) is 10.4. The van der Waals surface area contributed by atoms with Crippen LogP contribution in [0.5, 0.6) is 0 Å². The largest absolute Gasteiger partial charge is 0.481 e. The summed E-state index contributed by atoms with van der Waals surface area (Å²) in [6, 6.07) is 1.76. The van der Waals surface area contributed by atoms with Crippen molar-refractivity contribution in [2.24, 2.45) is 0 Å². The highest BCUT2D eigenvalue weighted by Crippen LogP contribution is 2.26. The molecule has 1 aromatic rings. The Hall–Kier alpha value is -1.94. The maximum absolute atomic E-state index is 11.8. The van der Waals surface area contributed by atoms with Gasteiger partial charge in [-0.3, -0.25) is 9.59 Å². The number of Topliss-reactive ketones (excluding diaryl/α,β-unsaturated/α-hetero) is 1. The first-order chi connectivity index (χ1) is 8.58. The minimum absolute atomic E-state index is 0.0248. The average molecular weight is 262 g/mol. The van der Waals surface area contributed by atoms with Crippen LogP contribution in [0.3, 0.4) is 0 Å². The first-order valence-corrected chi connectivity index (χ1v) is 6.20. The van der Waals surface area contributed by atoms with Crippen LogP contribution >= 0.6 is 11.3 Å². The van der Waals surface area contributed by atoms with Crippen molar-refractivity contribution in [1.29, 1.82) is 0 Å². The third-order valence-electron chi connectivity index (χ3n) is 2.23. The standard InChI is InChI=1S/C14H14O3S/c1-3-5-6-10-9-13(18-12(10)4-2)11(15)7-8-14(16)17/h3-6,9H,1-2,7-8H2,(H,16,17)/b6-5-. The molecule has 1 aromatic heterocycles. The number of carbonyl (C=O) groups excluding carboxylic acids is 1. The highest BCUT2D eigenvalue weighted by molar-refractivity contribution is 7.15. The monoisotopic (exact) mass is 262 g/mol. The average Bonchev–Trinajstić information content (AvgIpc) is 2.76. The van der Waals surface area contributed by atoms with Gasteiger partial charge in [-0.05, 0) is 11.6 Å². The summed E-state index contributed by atoms with van der Waals surface area (Å²) in [7, 11) is 0. The molecule has 0 spiro atoms. The Morgan fingerprint density at radius 3 is 2.61 bits per heavy atom. The molecule has 1 heterocycles. The van der Waals surface area contributed by atoms with Crippen LogP contribution in [0.1, 0.15) is 33.0 Å². The Kier molecular flexibility index (Phi) is 5.27. The van der Waals surface area contributed by atoms with E-state index >= 15 is 0 Å². The molecule has 0 amide bonds. The Balaban J connectivity index is 2.90. The number of allylic oxidation sites excluding steroid dienone is 2. The number of carboxylic acids is 1. The number of aliphatic carboxylic acids is 1. The van der Waals surface area contributed by atoms with Crippen molar-refractivity contribution in [2.45, 2.75) is 12.8 Å². The van der Waals surface area contributed by atoms with E-state index in [1.165, 1.54) is 11.3 Å². The highest BCUT2D eigenvalue weighted by atomic mass is 32.1. The van der Waals surface area contributed by atoms with Gasteiger partial charge in [0.2, 0.25) is 0 Å². The molecule has 0 aromatic carbocycles. The van der Waals surface area contributed by atoms with Crippen LogP contribution < -0.4 is 0 Å². The smallest absolute Gasteiger partial charge is 0.303 e. The van der Waals surface area contributed by atoms with Crippen molar-refractivity contribution in [3.05, 3.63) is 46.7 Å². The van der Waals surface area contributed by atoms with E-state index in [4.69, 9.17) is 5.11 Å². The number of carboxylic acid groups (broad SMARTS) is 1. The Labute approximate surface area is 110 Å². The van der Waals surface area contributed by atoms with Gasteiger partial charge in [0.25, 0.3) is 0 Å². The van der Waals surface area contributed by atoms with E-state index in [1.54, 1.807) is 24.3 Å². The summed E-state index contributed by atoms with van der Waals surface area (Å²) in [5, 5.41) is 8.54. The summed E-state index contributed by atoms with van der Waals surface area (Å²) in [5.74, 6) is -1.11. The number of hydrogen-bond acceptors (Lipinski definition) is 3. The highest BCUT2D eigenvalue weighted by Gasteiger charge is 2.13. The van der Waals surface area contributed by atoms with Crippen LogP contribution in [0.4, 0.5) is 0 Å². The molecule has 0 saturated carbocycles. The molecule has 0 atom stereocenters. The van der Waals surface area contributed by atoms with Gasteiger partial charge in [-0.25, -0.2) is 0 Å². The van der Waals surface area contributed by atoms with Gasteiger partial charge >= 0.3 is 5.97 Å². The summed E-state index contributed by atoms with van der Waals surface area (Å²) in [6.07, 6.45) is 6.84. The van der Waals surface area contributed by atoms with Crippen LogP contribution in [-0.2, 0) is 4.79 Å². The van der Waals surface area contributed by atoms with Crippen LogP contribution in [0.15, 0.2) is 31.4 Å². The van der Waals surface area contributed by atoms with E-state index in [9.17, 15) is 9.59 Å². The molecule has 0 aliphatic rings. The van der Waals surface area contributed by atoms with E-state index in [0.29, 0.717) is 4.88 Å². The molecule has 0 aliphatic carbocycles. The molecule has 0 unspecified atom stereocenters. The zero-order valence-electron chi connectivity index (χ0n) is 9.89. The van der Waals surface area contributed by atoms with Gasteiger partial charge in [0.15, 0.2) is 5.78 Å². The van der Waals surface area contributed by atoms with Crippen molar-refractivity contribution in [1.82, 2.24) is 0 Å². The maximum atomic E-state index is 11.8. The van der Waals surface area contributed by atoms with Gasteiger partial charge < -0.3 is 5.11 Å². The van der Waals surface area contributed by atoms with Crippen LogP contribution in [0.25, 0.3) is 12.2 Å². The van der Waals surface area contributed by atoms with Crippen LogP contribution in [0, 0.1) is 0 Å². The molecule has 0 fully saturated rings. The zero-order valence-corrected chi connectivity index (χ0v) is 10.7. The van der Waals surface area contributed by atoms with Crippen molar-refractivity contribution >= 4 is 35.2 Å². The summed E-state index contributed by atoms with van der Waals surface area (Å²) in [4.78, 5) is 23.7. The quantitative estimate of drug-likeness (QED) is 0.603. The first kappa shape index (κ1) is 14.1. The molecule has 0 aliphatic heterocycles. The topological polar surface area (TPSA) is 54.4 Å². The lowest BCUT2D eigenvalue weighted by Crippen LogP contribution is -2.01. The predicted molar refractivity (Wildman–Crippen MR) is 74.8 cm³/mol. The third-order valence-corrected chi connectivity index (χ3v) is 3.42. The Bertz CT molecular complexity index is 509. The van der Waals surface area contributed by atoms with E-state index in [0.717, 1.165) is 10.4 Å². The molecule has 4 heteroatoms. The summed E-state index contributed by atoms with van der Waals surface area (Å²) in [5.41, 5.74) is 0.897. The zero-order chi connectivity index (χ0) is 13.5. The number of ketones is 1. The Morgan fingerprint density at radius 1 is 1.33 bits per heavy atom. The summed E-state index contributed by atoms with van der Waals surface area (Å²) >= 11 is 1.32. The first-order valence-electron chi connectivity index (χ1n) is 5.39. The molecule has 0 bridgehead atoms. The minimum atomic E-state index is -0.962. The van der Waals surface area contributed by atoms with Gasteiger partial charge in [0, 0.05) is 11.3 Å². The van der Waals surface area contributed by atoms with Crippen molar-refractivity contribution in [3.63, 3.8) is 0 Å². The fraction of sp³-hybridized carbons (Fsp3) is 0.143. The molecule has 0 radical (unpaired) electrons. The van der Waals surface area contributed by atoms with Gasteiger partial charge in [0.1, 0.15) is 0 Å². The number of thiophene rings is 1. The van der Waals surface area contributed by atoms with Crippen molar-refractivity contribution in [3.8, 4) is 0 Å². The summed E-state index contributed by atoms with van der Waals surface area (Å²) in [6.45, 7) is 7.27. The molecular formula is C14H14O3S. The van der Waals surface area contributed by atoms with E-state index in [1.807, 2.05) is 6.08 Å². The second-order valence-electron chi connectivity index (χ2n) is 3.55. The number of carbonyl (C=O) groups is 2. The SMILES string of the molecule is C=C/C=C\c1cc(C(=O)CCC(=O)O)sc1C=C. The van der Waals surface area contributed by atoms with E-state index < -0.39 is 5.97 Å². The second-order valence-corrected chi connectivity index (χ2v) is 4.63. The Morgan fingerprint density at radius 2 is 2.06 bits per heavy atom. The number of hydrogen-bond donors (Lipinski definition) is 1. The predicted octanol–water partition coefficient (Wildman–Crippen LogP) is 3.64. The van der Waals surface area contributed by atoms with E-state index in [2.05, 4.69) is 13.2 Å². The third kappa shape index (κ3) is 3.82. The molecule has 1 N–H and O–H groups in total. The fourth-order valence-corrected chi connectivity index (χ4v) is 2.33. The lowest BCUT2D eigenvalue weighted by Gasteiger charge is -1.93. The van der Waals surface area contributed by atoms with Crippen molar-refractivity contribution in [2.75, 3.05) is 0 Å². The molecular weight excluding hydrogens is 248 g/mol.